The molecular weight excluding hydrogens is 132 g/mol. The highest BCUT2D eigenvalue weighted by molar-refractivity contribution is 4.67. The average molecular weight is 156 g/mol. The molecule has 0 aliphatic carbocycles. The molecule has 11 heavy (non-hydrogen) atoms. The van der Waals surface area contributed by atoms with Gasteiger partial charge in [-0.15, -0.1) is 0 Å². The zero-order chi connectivity index (χ0) is 8.85. The van der Waals surface area contributed by atoms with Gasteiger partial charge in [0.25, 0.3) is 0 Å². The second-order valence-corrected chi connectivity index (χ2v) is 4.08. The lowest BCUT2D eigenvalue weighted by molar-refractivity contribution is 0.245. The summed E-state index contributed by atoms with van der Waals surface area (Å²) in [5.41, 5.74) is 0. The zero-order valence-corrected chi connectivity index (χ0v) is 8.85. The molecule has 0 radical (unpaired) electrons. The molecular formula is C11H24. The molecule has 68 valence electrons. The minimum atomic E-state index is 0.866. The van der Waals surface area contributed by atoms with Crippen LogP contribution in [0.3, 0.4) is 0 Å². The summed E-state index contributed by atoms with van der Waals surface area (Å²) < 4.78 is 0. The maximum atomic E-state index is 2.39. The average Bonchev–Trinajstić information content (AvgIpc) is 1.98. The summed E-state index contributed by atoms with van der Waals surface area (Å²) in [6.07, 6.45) is 4.09. The Hall–Kier alpha value is 0. The van der Waals surface area contributed by atoms with Gasteiger partial charge in [-0.25, -0.2) is 0 Å². The van der Waals surface area contributed by atoms with Crippen LogP contribution in [0.4, 0.5) is 0 Å². The van der Waals surface area contributed by atoms with Crippen LogP contribution in [0.1, 0.15) is 53.9 Å². The zero-order valence-electron chi connectivity index (χ0n) is 8.85. The van der Waals surface area contributed by atoms with E-state index in [0.717, 1.165) is 17.8 Å². The predicted molar refractivity (Wildman–Crippen MR) is 52.7 cm³/mol. The first-order valence-corrected chi connectivity index (χ1v) is 5.13. The van der Waals surface area contributed by atoms with Crippen molar-refractivity contribution in [3.63, 3.8) is 0 Å². The molecule has 0 aliphatic heterocycles. The van der Waals surface area contributed by atoms with E-state index >= 15 is 0 Å². The lowest BCUT2D eigenvalue weighted by Gasteiger charge is -2.26. The van der Waals surface area contributed by atoms with Gasteiger partial charge in [-0.3, -0.25) is 0 Å². The van der Waals surface area contributed by atoms with E-state index in [1.165, 1.54) is 19.3 Å². The third-order valence-electron chi connectivity index (χ3n) is 2.85. The first-order chi connectivity index (χ1) is 5.13. The molecule has 0 heterocycles. The molecule has 0 aromatic carbocycles. The van der Waals surface area contributed by atoms with E-state index in [2.05, 4.69) is 34.6 Å². The summed E-state index contributed by atoms with van der Waals surface area (Å²) in [6.45, 7) is 11.7. The van der Waals surface area contributed by atoms with Crippen LogP contribution < -0.4 is 0 Å². The van der Waals surface area contributed by atoms with Crippen molar-refractivity contribution in [1.82, 2.24) is 0 Å². The van der Waals surface area contributed by atoms with Crippen molar-refractivity contribution in [2.45, 2.75) is 53.9 Å². The second kappa shape index (κ2) is 5.62. The molecule has 0 saturated heterocycles. The van der Waals surface area contributed by atoms with Crippen LogP contribution in [0.5, 0.6) is 0 Å². The van der Waals surface area contributed by atoms with Crippen molar-refractivity contribution >= 4 is 0 Å². The van der Waals surface area contributed by atoms with E-state index in [0.29, 0.717) is 0 Å². The van der Waals surface area contributed by atoms with E-state index in [1.54, 1.807) is 0 Å². The summed E-state index contributed by atoms with van der Waals surface area (Å²) in [4.78, 5) is 0. The molecule has 0 fully saturated rings. The molecule has 0 rings (SSSR count). The van der Waals surface area contributed by atoms with Crippen LogP contribution in [0, 0.1) is 17.8 Å². The summed E-state index contributed by atoms with van der Waals surface area (Å²) in [5, 5.41) is 0. The van der Waals surface area contributed by atoms with E-state index in [-0.39, 0.29) is 0 Å². The Morgan fingerprint density at radius 2 is 1.55 bits per heavy atom. The van der Waals surface area contributed by atoms with Crippen molar-refractivity contribution in [2.75, 3.05) is 0 Å². The van der Waals surface area contributed by atoms with Crippen LogP contribution in [0.2, 0.25) is 0 Å². The number of hydrogen-bond acceptors (Lipinski definition) is 0. The molecule has 0 aliphatic rings. The summed E-state index contributed by atoms with van der Waals surface area (Å²) in [5.74, 6) is 2.73. The maximum Gasteiger partial charge on any atom is -0.0366 e. The number of hydrogen-bond donors (Lipinski definition) is 0. The van der Waals surface area contributed by atoms with Gasteiger partial charge in [-0.1, -0.05) is 53.9 Å². The highest BCUT2D eigenvalue weighted by atomic mass is 14.2. The quantitative estimate of drug-likeness (QED) is 0.562. The van der Waals surface area contributed by atoms with Crippen molar-refractivity contribution in [3.8, 4) is 0 Å². The largest absolute Gasteiger partial charge is 0.0654 e. The van der Waals surface area contributed by atoms with Gasteiger partial charge in [0.2, 0.25) is 0 Å². The van der Waals surface area contributed by atoms with Crippen LogP contribution in [-0.4, -0.2) is 0 Å². The Morgan fingerprint density at radius 1 is 1.00 bits per heavy atom. The fraction of sp³-hybridized carbons (Fsp3) is 1.00. The molecule has 2 atom stereocenters. The van der Waals surface area contributed by atoms with Gasteiger partial charge in [0, 0.05) is 0 Å². The van der Waals surface area contributed by atoms with Crippen LogP contribution >= 0.6 is 0 Å². The Kier molecular flexibility index (Phi) is 5.62. The SMILES string of the molecule is CCC[C@H](C(C)C)[C@H](C)CC. The standard InChI is InChI=1S/C11H24/c1-6-8-11(9(3)4)10(5)7-2/h9-11H,6-8H2,1-5H3/t10-,11-/m1/s1. The third kappa shape index (κ3) is 3.79. The van der Waals surface area contributed by atoms with Crippen molar-refractivity contribution < 1.29 is 0 Å². The summed E-state index contributed by atoms with van der Waals surface area (Å²) in [7, 11) is 0. The van der Waals surface area contributed by atoms with Crippen LogP contribution in [0.15, 0.2) is 0 Å². The lowest BCUT2D eigenvalue weighted by atomic mass is 9.80. The minimum absolute atomic E-state index is 0.866. The van der Waals surface area contributed by atoms with Gasteiger partial charge in [0.15, 0.2) is 0 Å². The first-order valence-electron chi connectivity index (χ1n) is 5.13. The van der Waals surface area contributed by atoms with Crippen LogP contribution in [0.25, 0.3) is 0 Å². The van der Waals surface area contributed by atoms with E-state index in [1.807, 2.05) is 0 Å². The minimum Gasteiger partial charge on any atom is -0.0654 e. The number of rotatable bonds is 5. The predicted octanol–water partition coefficient (Wildman–Crippen LogP) is 4.10. The molecule has 0 bridgehead atoms. The molecule has 0 aromatic heterocycles. The molecule has 0 unspecified atom stereocenters. The van der Waals surface area contributed by atoms with E-state index in [9.17, 15) is 0 Å². The highest BCUT2D eigenvalue weighted by Gasteiger charge is 2.17. The second-order valence-electron chi connectivity index (χ2n) is 4.08. The summed E-state index contributed by atoms with van der Waals surface area (Å²) in [6, 6.07) is 0. The van der Waals surface area contributed by atoms with E-state index in [4.69, 9.17) is 0 Å². The first kappa shape index (κ1) is 11.0. The highest BCUT2D eigenvalue weighted by Crippen LogP contribution is 2.27. The summed E-state index contributed by atoms with van der Waals surface area (Å²) >= 11 is 0. The van der Waals surface area contributed by atoms with Gasteiger partial charge in [-0.05, 0) is 17.8 Å². The topological polar surface area (TPSA) is 0 Å². The van der Waals surface area contributed by atoms with Gasteiger partial charge in [0.05, 0.1) is 0 Å². The normalized spacial score (nSPS) is 16.9. The fourth-order valence-corrected chi connectivity index (χ4v) is 1.91. The van der Waals surface area contributed by atoms with E-state index < -0.39 is 0 Å². The molecule has 0 heteroatoms. The molecule has 0 saturated carbocycles. The fourth-order valence-electron chi connectivity index (χ4n) is 1.91. The third-order valence-corrected chi connectivity index (χ3v) is 2.85. The monoisotopic (exact) mass is 156 g/mol. The van der Waals surface area contributed by atoms with Crippen molar-refractivity contribution in [1.29, 1.82) is 0 Å². The smallest absolute Gasteiger partial charge is 0.0366 e. The van der Waals surface area contributed by atoms with Gasteiger partial charge < -0.3 is 0 Å². The molecule has 0 aromatic rings. The van der Waals surface area contributed by atoms with Gasteiger partial charge in [0.1, 0.15) is 0 Å². The van der Waals surface area contributed by atoms with Gasteiger partial charge in [-0.2, -0.15) is 0 Å². The lowest BCUT2D eigenvalue weighted by Crippen LogP contribution is -2.16. The Bertz CT molecular complexity index is 84.0. The van der Waals surface area contributed by atoms with Crippen LogP contribution in [-0.2, 0) is 0 Å². The molecule has 0 nitrogen and oxygen atoms in total. The molecule has 0 spiro atoms. The maximum absolute atomic E-state index is 2.39. The van der Waals surface area contributed by atoms with Gasteiger partial charge >= 0.3 is 0 Å². The Balaban J connectivity index is 3.87. The van der Waals surface area contributed by atoms with Crippen molar-refractivity contribution in [2.24, 2.45) is 17.8 Å². The molecule has 0 N–H and O–H groups in total. The Morgan fingerprint density at radius 3 is 1.82 bits per heavy atom. The van der Waals surface area contributed by atoms with Crippen molar-refractivity contribution in [3.05, 3.63) is 0 Å². The Labute approximate surface area is 72.4 Å². The molecule has 0 amide bonds.